The van der Waals surface area contributed by atoms with E-state index in [0.717, 1.165) is 25.0 Å². The Hall–Kier alpha value is -2.20. The molecular formula is C19H22N2O2. The molecule has 4 heteroatoms. The summed E-state index contributed by atoms with van der Waals surface area (Å²) in [4.78, 5) is 19.0. The van der Waals surface area contributed by atoms with Crippen molar-refractivity contribution in [2.45, 2.75) is 31.9 Å². The molecule has 1 amide bonds. The molecule has 120 valence electrons. The summed E-state index contributed by atoms with van der Waals surface area (Å²) in [5.41, 5.74) is 2.14. The van der Waals surface area contributed by atoms with Gasteiger partial charge in [0.2, 0.25) is 0 Å². The molecule has 1 aromatic carbocycles. The van der Waals surface area contributed by atoms with E-state index in [1.807, 2.05) is 41.3 Å². The van der Waals surface area contributed by atoms with Crippen molar-refractivity contribution >= 4 is 5.91 Å². The van der Waals surface area contributed by atoms with Gasteiger partial charge in [-0.2, -0.15) is 0 Å². The highest BCUT2D eigenvalue weighted by atomic mass is 16.5. The van der Waals surface area contributed by atoms with Gasteiger partial charge in [-0.15, -0.1) is 0 Å². The van der Waals surface area contributed by atoms with Crippen molar-refractivity contribution in [3.63, 3.8) is 0 Å². The predicted molar refractivity (Wildman–Crippen MR) is 88.8 cm³/mol. The fraction of sp³-hybridized carbons (Fsp3) is 0.368. The van der Waals surface area contributed by atoms with Gasteiger partial charge in [0.15, 0.2) is 0 Å². The summed E-state index contributed by atoms with van der Waals surface area (Å²) in [7, 11) is 0. The van der Waals surface area contributed by atoms with Gasteiger partial charge in [0.25, 0.3) is 5.91 Å². The molecule has 4 nitrogen and oxygen atoms in total. The van der Waals surface area contributed by atoms with E-state index in [1.165, 1.54) is 5.56 Å². The monoisotopic (exact) mass is 310 g/mol. The van der Waals surface area contributed by atoms with Crippen LogP contribution < -0.4 is 0 Å². The Balaban J connectivity index is 1.68. The van der Waals surface area contributed by atoms with Crippen LogP contribution in [-0.2, 0) is 22.5 Å². The van der Waals surface area contributed by atoms with Crippen LogP contribution in [0.3, 0.4) is 0 Å². The molecule has 2 heterocycles. The third kappa shape index (κ3) is 4.39. The molecule has 0 bridgehead atoms. The van der Waals surface area contributed by atoms with E-state index in [-0.39, 0.29) is 12.0 Å². The molecule has 0 saturated carbocycles. The van der Waals surface area contributed by atoms with Gasteiger partial charge in [-0.3, -0.25) is 9.78 Å². The summed E-state index contributed by atoms with van der Waals surface area (Å²) in [5.74, 6) is 0.0871. The smallest absolute Gasteiger partial charge is 0.252 e. The van der Waals surface area contributed by atoms with Crippen LogP contribution in [0.1, 0.15) is 24.1 Å². The summed E-state index contributed by atoms with van der Waals surface area (Å²) >= 11 is 0. The Morgan fingerprint density at radius 1 is 1.17 bits per heavy atom. The first-order valence-corrected chi connectivity index (χ1v) is 8.17. The molecule has 2 aromatic rings. The van der Waals surface area contributed by atoms with Crippen LogP contribution >= 0.6 is 0 Å². The summed E-state index contributed by atoms with van der Waals surface area (Å²) in [5, 5.41) is 0. The standard InChI is InChI=1S/C19H22N2O2/c22-19(18-10-6-14-23-18)21(15-17-9-4-5-12-20-17)13-11-16-7-2-1-3-8-16/h1-5,7-9,12,18H,6,10-11,13-15H2/t18-/m1/s1. The van der Waals surface area contributed by atoms with E-state index < -0.39 is 0 Å². The van der Waals surface area contributed by atoms with Crippen molar-refractivity contribution in [1.82, 2.24) is 9.88 Å². The Morgan fingerprint density at radius 3 is 2.70 bits per heavy atom. The van der Waals surface area contributed by atoms with E-state index in [1.54, 1.807) is 6.20 Å². The molecule has 3 rings (SSSR count). The van der Waals surface area contributed by atoms with Crippen LogP contribution in [0.4, 0.5) is 0 Å². The molecule has 1 aliphatic rings. The van der Waals surface area contributed by atoms with Crippen molar-refractivity contribution in [2.24, 2.45) is 0 Å². The molecule has 0 aliphatic carbocycles. The predicted octanol–water partition coefficient (Wildman–Crippen LogP) is 2.83. The van der Waals surface area contributed by atoms with Crippen molar-refractivity contribution in [3.05, 3.63) is 66.0 Å². The number of amides is 1. The maximum Gasteiger partial charge on any atom is 0.252 e. The normalized spacial score (nSPS) is 17.1. The second kappa shape index (κ2) is 7.88. The number of hydrogen-bond acceptors (Lipinski definition) is 3. The van der Waals surface area contributed by atoms with E-state index in [2.05, 4.69) is 17.1 Å². The molecule has 1 aliphatic heterocycles. The van der Waals surface area contributed by atoms with E-state index in [4.69, 9.17) is 4.74 Å². The molecule has 1 fully saturated rings. The number of nitrogens with zero attached hydrogens (tertiary/aromatic N) is 2. The Labute approximate surface area is 137 Å². The van der Waals surface area contributed by atoms with E-state index in [0.29, 0.717) is 19.7 Å². The zero-order valence-electron chi connectivity index (χ0n) is 13.2. The first kappa shape index (κ1) is 15.7. The Kier molecular flexibility index (Phi) is 5.37. The minimum absolute atomic E-state index is 0.0871. The average Bonchev–Trinajstić information content (AvgIpc) is 3.14. The van der Waals surface area contributed by atoms with Crippen LogP contribution in [0.5, 0.6) is 0 Å². The Morgan fingerprint density at radius 2 is 2.00 bits per heavy atom. The molecule has 0 unspecified atom stereocenters. The quantitative estimate of drug-likeness (QED) is 0.824. The molecular weight excluding hydrogens is 288 g/mol. The van der Waals surface area contributed by atoms with Gasteiger partial charge < -0.3 is 9.64 Å². The number of ether oxygens (including phenoxy) is 1. The zero-order chi connectivity index (χ0) is 15.9. The highest BCUT2D eigenvalue weighted by Crippen LogP contribution is 2.16. The van der Waals surface area contributed by atoms with Crippen LogP contribution in [0, 0.1) is 0 Å². The van der Waals surface area contributed by atoms with Gasteiger partial charge >= 0.3 is 0 Å². The van der Waals surface area contributed by atoms with Gasteiger partial charge in [0.1, 0.15) is 6.10 Å². The number of hydrogen-bond donors (Lipinski definition) is 0. The maximum absolute atomic E-state index is 12.7. The second-order valence-corrected chi connectivity index (χ2v) is 5.82. The highest BCUT2D eigenvalue weighted by molar-refractivity contribution is 5.81. The summed E-state index contributed by atoms with van der Waals surface area (Å²) in [6.07, 6.45) is 4.11. The van der Waals surface area contributed by atoms with Crippen LogP contribution in [0.15, 0.2) is 54.7 Å². The summed E-state index contributed by atoms with van der Waals surface area (Å²) in [6.45, 7) is 1.90. The number of carbonyl (C=O) groups excluding carboxylic acids is 1. The van der Waals surface area contributed by atoms with Gasteiger partial charge in [-0.1, -0.05) is 36.4 Å². The molecule has 0 radical (unpaired) electrons. The van der Waals surface area contributed by atoms with E-state index >= 15 is 0 Å². The minimum atomic E-state index is -0.283. The molecule has 1 saturated heterocycles. The number of carbonyl (C=O) groups is 1. The van der Waals surface area contributed by atoms with Crippen LogP contribution in [-0.4, -0.2) is 35.0 Å². The number of pyridine rings is 1. The van der Waals surface area contributed by atoms with Crippen LogP contribution in [0.2, 0.25) is 0 Å². The van der Waals surface area contributed by atoms with Gasteiger partial charge in [0.05, 0.1) is 12.2 Å². The molecule has 0 spiro atoms. The van der Waals surface area contributed by atoms with Crippen LogP contribution in [0.25, 0.3) is 0 Å². The van der Waals surface area contributed by atoms with Gasteiger partial charge in [-0.25, -0.2) is 0 Å². The summed E-state index contributed by atoms with van der Waals surface area (Å²) in [6, 6.07) is 16.0. The topological polar surface area (TPSA) is 42.4 Å². The number of rotatable bonds is 6. The Bertz CT molecular complexity index is 610. The first-order chi connectivity index (χ1) is 11.3. The van der Waals surface area contributed by atoms with Gasteiger partial charge in [-0.05, 0) is 37.0 Å². The lowest BCUT2D eigenvalue weighted by Crippen LogP contribution is -2.39. The van der Waals surface area contributed by atoms with Crippen molar-refractivity contribution in [2.75, 3.05) is 13.2 Å². The zero-order valence-corrected chi connectivity index (χ0v) is 13.2. The lowest BCUT2D eigenvalue weighted by molar-refractivity contribution is -0.141. The third-order valence-corrected chi connectivity index (χ3v) is 4.11. The fourth-order valence-corrected chi connectivity index (χ4v) is 2.84. The first-order valence-electron chi connectivity index (χ1n) is 8.17. The van der Waals surface area contributed by atoms with Crippen molar-refractivity contribution in [1.29, 1.82) is 0 Å². The molecule has 0 N–H and O–H groups in total. The number of aromatic nitrogens is 1. The molecule has 1 atom stereocenters. The number of benzene rings is 1. The van der Waals surface area contributed by atoms with Crippen molar-refractivity contribution < 1.29 is 9.53 Å². The SMILES string of the molecule is O=C([C@H]1CCCO1)N(CCc1ccccc1)Cc1ccccn1. The lowest BCUT2D eigenvalue weighted by Gasteiger charge is -2.25. The third-order valence-electron chi connectivity index (χ3n) is 4.11. The van der Waals surface area contributed by atoms with Crippen molar-refractivity contribution in [3.8, 4) is 0 Å². The fourth-order valence-electron chi connectivity index (χ4n) is 2.84. The maximum atomic E-state index is 12.7. The van der Waals surface area contributed by atoms with E-state index in [9.17, 15) is 4.79 Å². The molecule has 1 aromatic heterocycles. The lowest BCUT2D eigenvalue weighted by atomic mass is 10.1. The van der Waals surface area contributed by atoms with Gasteiger partial charge in [0, 0.05) is 19.3 Å². The average molecular weight is 310 g/mol. The molecule has 23 heavy (non-hydrogen) atoms. The highest BCUT2D eigenvalue weighted by Gasteiger charge is 2.28. The second-order valence-electron chi connectivity index (χ2n) is 5.82. The minimum Gasteiger partial charge on any atom is -0.368 e. The largest absolute Gasteiger partial charge is 0.368 e. The summed E-state index contributed by atoms with van der Waals surface area (Å²) < 4.78 is 5.57.